The van der Waals surface area contributed by atoms with E-state index in [9.17, 15) is 4.39 Å². The van der Waals surface area contributed by atoms with E-state index in [2.05, 4.69) is 43.7 Å². The Bertz CT molecular complexity index is 546. The Kier molecular flexibility index (Phi) is 4.86. The minimum Gasteiger partial charge on any atom is -0.406 e. The molecule has 2 aromatic rings. The van der Waals surface area contributed by atoms with Gasteiger partial charge in [-0.2, -0.15) is 0 Å². The lowest BCUT2D eigenvalue weighted by atomic mass is 10.3. The molecule has 1 aromatic heterocycles. The van der Waals surface area contributed by atoms with Gasteiger partial charge in [-0.1, -0.05) is 28.0 Å². The molecule has 0 atom stereocenters. The highest BCUT2D eigenvalue weighted by molar-refractivity contribution is 9.10. The molecule has 0 saturated heterocycles. The van der Waals surface area contributed by atoms with Gasteiger partial charge in [-0.3, -0.25) is 0 Å². The minimum atomic E-state index is -0.382. The summed E-state index contributed by atoms with van der Waals surface area (Å²) in [6, 6.07) is 4.75. The molecule has 0 aliphatic heterocycles. The van der Waals surface area contributed by atoms with Crippen molar-refractivity contribution in [3.05, 3.63) is 34.4 Å². The predicted octanol–water partition coefficient (Wildman–Crippen LogP) is 3.21. The van der Waals surface area contributed by atoms with Gasteiger partial charge in [-0.25, -0.2) is 4.39 Å². The SMILES string of the molecule is CCCNCc1nnc(Nc2cc(Br)ccc2F)o1. The maximum absolute atomic E-state index is 13.5. The van der Waals surface area contributed by atoms with E-state index in [1.165, 1.54) is 6.07 Å². The highest BCUT2D eigenvalue weighted by Gasteiger charge is 2.09. The molecular weight excluding hydrogens is 315 g/mol. The Morgan fingerprint density at radius 3 is 3.00 bits per heavy atom. The van der Waals surface area contributed by atoms with Crippen LogP contribution in [0.25, 0.3) is 0 Å². The predicted molar refractivity (Wildman–Crippen MR) is 73.7 cm³/mol. The van der Waals surface area contributed by atoms with Crippen molar-refractivity contribution < 1.29 is 8.81 Å². The Labute approximate surface area is 118 Å². The first-order valence-corrected chi connectivity index (χ1v) is 6.73. The van der Waals surface area contributed by atoms with E-state index in [0.29, 0.717) is 12.4 Å². The zero-order chi connectivity index (χ0) is 13.7. The van der Waals surface area contributed by atoms with Gasteiger partial charge in [-0.05, 0) is 31.2 Å². The molecule has 0 fully saturated rings. The first-order valence-electron chi connectivity index (χ1n) is 5.94. The fourth-order valence-electron chi connectivity index (χ4n) is 1.46. The molecule has 19 heavy (non-hydrogen) atoms. The number of benzene rings is 1. The van der Waals surface area contributed by atoms with E-state index in [4.69, 9.17) is 4.42 Å². The van der Waals surface area contributed by atoms with Crippen molar-refractivity contribution in [3.63, 3.8) is 0 Å². The molecule has 2 N–H and O–H groups in total. The molecule has 102 valence electrons. The molecule has 0 saturated carbocycles. The summed E-state index contributed by atoms with van der Waals surface area (Å²) in [7, 11) is 0. The topological polar surface area (TPSA) is 63.0 Å². The maximum atomic E-state index is 13.5. The summed E-state index contributed by atoms with van der Waals surface area (Å²) in [4.78, 5) is 0. The summed E-state index contributed by atoms with van der Waals surface area (Å²) in [6.07, 6.45) is 1.03. The van der Waals surface area contributed by atoms with Crippen molar-refractivity contribution >= 4 is 27.6 Å². The first-order chi connectivity index (χ1) is 9.19. The van der Waals surface area contributed by atoms with E-state index in [0.717, 1.165) is 17.4 Å². The van der Waals surface area contributed by atoms with Gasteiger partial charge in [0.05, 0.1) is 12.2 Å². The van der Waals surface area contributed by atoms with Gasteiger partial charge in [0.1, 0.15) is 5.82 Å². The lowest BCUT2D eigenvalue weighted by Gasteiger charge is -2.03. The number of hydrogen-bond donors (Lipinski definition) is 2. The molecule has 7 heteroatoms. The molecule has 0 bridgehead atoms. The van der Waals surface area contributed by atoms with Crippen LogP contribution >= 0.6 is 15.9 Å². The van der Waals surface area contributed by atoms with Crippen LogP contribution < -0.4 is 10.6 Å². The zero-order valence-corrected chi connectivity index (χ0v) is 12.0. The first kappa shape index (κ1) is 14.0. The van der Waals surface area contributed by atoms with Crippen LogP contribution in [0.4, 0.5) is 16.1 Å². The quantitative estimate of drug-likeness (QED) is 0.797. The average molecular weight is 329 g/mol. The average Bonchev–Trinajstić information content (AvgIpc) is 2.82. The van der Waals surface area contributed by atoms with Gasteiger partial charge < -0.3 is 15.1 Å². The number of halogens is 2. The van der Waals surface area contributed by atoms with Crippen molar-refractivity contribution in [2.24, 2.45) is 0 Å². The number of anilines is 2. The molecule has 1 aromatic carbocycles. The molecule has 0 aliphatic carbocycles. The van der Waals surface area contributed by atoms with Crippen LogP contribution in [0.15, 0.2) is 27.1 Å². The number of hydrogen-bond acceptors (Lipinski definition) is 5. The van der Waals surface area contributed by atoms with Crippen LogP contribution in [0, 0.1) is 5.82 Å². The molecule has 1 heterocycles. The maximum Gasteiger partial charge on any atom is 0.320 e. The number of nitrogens with one attached hydrogen (secondary N) is 2. The van der Waals surface area contributed by atoms with Gasteiger partial charge in [0.25, 0.3) is 0 Å². The molecule has 2 rings (SSSR count). The second-order valence-corrected chi connectivity index (χ2v) is 4.84. The van der Waals surface area contributed by atoms with Crippen LogP contribution in [-0.4, -0.2) is 16.7 Å². The highest BCUT2D eigenvalue weighted by Crippen LogP contribution is 2.23. The second-order valence-electron chi connectivity index (χ2n) is 3.93. The summed E-state index contributed by atoms with van der Waals surface area (Å²) in [5.74, 6) is 0.0819. The standard InChI is InChI=1S/C12H14BrFN4O/c1-2-5-15-7-11-17-18-12(19-11)16-10-6-8(13)3-4-9(10)14/h3-4,6,15H,2,5,7H2,1H3,(H,16,18). The summed E-state index contributed by atoms with van der Waals surface area (Å²) in [5.41, 5.74) is 0.283. The third kappa shape index (κ3) is 4.00. The van der Waals surface area contributed by atoms with Crippen molar-refractivity contribution in [2.75, 3.05) is 11.9 Å². The molecule has 0 unspecified atom stereocenters. The van der Waals surface area contributed by atoms with Crippen molar-refractivity contribution in [2.45, 2.75) is 19.9 Å². The minimum absolute atomic E-state index is 0.172. The Morgan fingerprint density at radius 2 is 2.21 bits per heavy atom. The highest BCUT2D eigenvalue weighted by atomic mass is 79.9. The van der Waals surface area contributed by atoms with Gasteiger partial charge in [-0.15, -0.1) is 5.10 Å². The monoisotopic (exact) mass is 328 g/mol. The Balaban J connectivity index is 2.01. The van der Waals surface area contributed by atoms with Crippen LogP contribution in [0.5, 0.6) is 0 Å². The van der Waals surface area contributed by atoms with E-state index in [-0.39, 0.29) is 17.5 Å². The van der Waals surface area contributed by atoms with Crippen molar-refractivity contribution in [3.8, 4) is 0 Å². The summed E-state index contributed by atoms with van der Waals surface area (Å²) in [6.45, 7) is 3.46. The molecular formula is C12H14BrFN4O. The smallest absolute Gasteiger partial charge is 0.320 e. The summed E-state index contributed by atoms with van der Waals surface area (Å²) in [5, 5.41) is 13.6. The summed E-state index contributed by atoms with van der Waals surface area (Å²) >= 11 is 3.27. The second kappa shape index (κ2) is 6.63. The van der Waals surface area contributed by atoms with Crippen LogP contribution in [0.3, 0.4) is 0 Å². The molecule has 5 nitrogen and oxygen atoms in total. The van der Waals surface area contributed by atoms with Gasteiger partial charge >= 0.3 is 6.01 Å². The Morgan fingerprint density at radius 1 is 1.37 bits per heavy atom. The third-order valence-corrected chi connectivity index (χ3v) is 2.83. The van der Waals surface area contributed by atoms with E-state index >= 15 is 0 Å². The van der Waals surface area contributed by atoms with E-state index in [1.54, 1.807) is 12.1 Å². The number of nitrogens with zero attached hydrogens (tertiary/aromatic N) is 2. The molecule has 0 amide bonds. The van der Waals surface area contributed by atoms with Gasteiger partial charge in [0.15, 0.2) is 0 Å². The Hall–Kier alpha value is -1.47. The lowest BCUT2D eigenvalue weighted by Crippen LogP contribution is -2.13. The molecule has 0 spiro atoms. The largest absolute Gasteiger partial charge is 0.406 e. The van der Waals surface area contributed by atoms with Crippen LogP contribution in [0.1, 0.15) is 19.2 Å². The van der Waals surface area contributed by atoms with Crippen molar-refractivity contribution in [1.82, 2.24) is 15.5 Å². The fourth-order valence-corrected chi connectivity index (χ4v) is 1.82. The third-order valence-electron chi connectivity index (χ3n) is 2.34. The lowest BCUT2D eigenvalue weighted by molar-refractivity contribution is 0.479. The zero-order valence-electron chi connectivity index (χ0n) is 10.4. The normalized spacial score (nSPS) is 10.7. The summed E-state index contributed by atoms with van der Waals surface area (Å²) < 4.78 is 19.6. The van der Waals surface area contributed by atoms with Gasteiger partial charge in [0.2, 0.25) is 5.89 Å². The van der Waals surface area contributed by atoms with Crippen LogP contribution in [0.2, 0.25) is 0 Å². The molecule has 0 aliphatic rings. The van der Waals surface area contributed by atoms with E-state index < -0.39 is 0 Å². The molecule has 0 radical (unpaired) electrons. The number of rotatable bonds is 6. The van der Waals surface area contributed by atoms with Gasteiger partial charge in [0, 0.05) is 4.47 Å². The van der Waals surface area contributed by atoms with Crippen molar-refractivity contribution in [1.29, 1.82) is 0 Å². The van der Waals surface area contributed by atoms with Crippen LogP contribution in [-0.2, 0) is 6.54 Å². The van der Waals surface area contributed by atoms with E-state index in [1.807, 2.05) is 0 Å². The number of aromatic nitrogens is 2. The fraction of sp³-hybridized carbons (Fsp3) is 0.333.